The lowest BCUT2D eigenvalue weighted by Crippen LogP contribution is -2.18. The fourth-order valence-corrected chi connectivity index (χ4v) is 1.30. The van der Waals surface area contributed by atoms with E-state index in [0.29, 0.717) is 6.61 Å². The molecule has 94 valence electrons. The Balaban J connectivity index is 2.67. The second kappa shape index (κ2) is 6.94. The summed E-state index contributed by atoms with van der Waals surface area (Å²) >= 11 is 0. The fourth-order valence-electron chi connectivity index (χ4n) is 1.30. The number of carbonyl (C=O) groups is 1. The summed E-state index contributed by atoms with van der Waals surface area (Å²) in [5.74, 6) is 0.727. The first-order valence-corrected chi connectivity index (χ1v) is 6.17. The Morgan fingerprint density at radius 2 is 2.06 bits per heavy atom. The maximum atomic E-state index is 11.6. The lowest BCUT2D eigenvalue weighted by molar-refractivity contribution is -0.118. The molecule has 0 aliphatic rings. The lowest BCUT2D eigenvalue weighted by Gasteiger charge is -2.13. The zero-order valence-electron chi connectivity index (χ0n) is 10.8. The number of hydrogen-bond acceptors (Lipinski definition) is 2. The van der Waals surface area contributed by atoms with Crippen LogP contribution >= 0.6 is 0 Å². The quantitative estimate of drug-likeness (QED) is 0.767. The summed E-state index contributed by atoms with van der Waals surface area (Å²) in [6, 6.07) is 7.54. The smallest absolute Gasteiger partial charge is 0.227 e. The lowest BCUT2D eigenvalue weighted by atomic mass is 10.2. The van der Waals surface area contributed by atoms with Crippen LogP contribution in [0.4, 0.5) is 5.69 Å². The Kier molecular flexibility index (Phi) is 5.53. The zero-order chi connectivity index (χ0) is 12.7. The molecule has 0 fully saturated rings. The van der Waals surface area contributed by atoms with Crippen LogP contribution in [0.1, 0.15) is 33.6 Å². The molecule has 0 atom stereocenters. The molecule has 1 aromatic rings. The number of amides is 1. The minimum atomic E-state index is -0.0290. The molecule has 0 aromatic heterocycles. The number of benzene rings is 1. The molecule has 17 heavy (non-hydrogen) atoms. The van der Waals surface area contributed by atoms with Gasteiger partial charge in [-0.1, -0.05) is 39.3 Å². The normalized spacial score (nSPS) is 10.4. The van der Waals surface area contributed by atoms with Crippen LogP contribution in [0.15, 0.2) is 24.3 Å². The Bertz CT molecular complexity index is 361. The first-order valence-electron chi connectivity index (χ1n) is 6.17. The number of anilines is 1. The van der Waals surface area contributed by atoms with Crippen molar-refractivity contribution in [2.45, 2.75) is 33.6 Å². The maximum Gasteiger partial charge on any atom is 0.227 e. The van der Waals surface area contributed by atoms with E-state index in [9.17, 15) is 4.79 Å². The van der Waals surface area contributed by atoms with Crippen LogP contribution in [-0.4, -0.2) is 12.5 Å². The van der Waals surface area contributed by atoms with Gasteiger partial charge >= 0.3 is 0 Å². The minimum Gasteiger partial charge on any atom is -0.491 e. The highest BCUT2D eigenvalue weighted by Crippen LogP contribution is 2.24. The van der Waals surface area contributed by atoms with Crippen molar-refractivity contribution in [2.24, 2.45) is 5.92 Å². The topological polar surface area (TPSA) is 38.3 Å². The fraction of sp³-hybridized carbons (Fsp3) is 0.500. The standard InChI is InChI=1S/C14H21NO2/c1-4-5-10-17-13-9-7-6-8-12(13)15-14(16)11(2)3/h6-9,11H,4-5,10H2,1-3H3,(H,15,16). The molecule has 1 N–H and O–H groups in total. The van der Waals surface area contributed by atoms with E-state index in [1.807, 2.05) is 38.1 Å². The second-order valence-corrected chi connectivity index (χ2v) is 4.34. The van der Waals surface area contributed by atoms with Crippen molar-refractivity contribution in [1.29, 1.82) is 0 Å². The molecule has 1 aromatic carbocycles. The van der Waals surface area contributed by atoms with Crippen LogP contribution in [0.5, 0.6) is 5.75 Å². The third-order valence-corrected chi connectivity index (χ3v) is 2.42. The van der Waals surface area contributed by atoms with E-state index in [0.717, 1.165) is 24.3 Å². The van der Waals surface area contributed by atoms with Gasteiger partial charge in [-0.3, -0.25) is 4.79 Å². The van der Waals surface area contributed by atoms with E-state index in [1.165, 1.54) is 0 Å². The predicted octanol–water partition coefficient (Wildman–Crippen LogP) is 3.46. The highest BCUT2D eigenvalue weighted by molar-refractivity contribution is 5.93. The summed E-state index contributed by atoms with van der Waals surface area (Å²) in [6.45, 7) is 6.55. The molecule has 0 radical (unpaired) electrons. The van der Waals surface area contributed by atoms with Crippen molar-refractivity contribution in [1.82, 2.24) is 0 Å². The summed E-state index contributed by atoms with van der Waals surface area (Å²) < 4.78 is 5.64. The van der Waals surface area contributed by atoms with Crippen LogP contribution in [0.3, 0.4) is 0 Å². The van der Waals surface area contributed by atoms with Gasteiger partial charge in [0.2, 0.25) is 5.91 Å². The molecular weight excluding hydrogens is 214 g/mol. The SMILES string of the molecule is CCCCOc1ccccc1NC(=O)C(C)C. The van der Waals surface area contributed by atoms with Gasteiger partial charge in [0, 0.05) is 5.92 Å². The molecule has 0 saturated carbocycles. The van der Waals surface area contributed by atoms with Crippen LogP contribution in [0, 0.1) is 5.92 Å². The number of carbonyl (C=O) groups excluding carboxylic acids is 1. The molecule has 0 aliphatic heterocycles. The Hall–Kier alpha value is -1.51. The number of para-hydroxylation sites is 2. The molecule has 0 unspecified atom stereocenters. The van der Waals surface area contributed by atoms with Crippen molar-refractivity contribution < 1.29 is 9.53 Å². The molecule has 1 rings (SSSR count). The summed E-state index contributed by atoms with van der Waals surface area (Å²) in [4.78, 5) is 11.6. The van der Waals surface area contributed by atoms with Gasteiger partial charge in [0.15, 0.2) is 0 Å². The van der Waals surface area contributed by atoms with E-state index in [4.69, 9.17) is 4.74 Å². The molecule has 0 bridgehead atoms. The maximum absolute atomic E-state index is 11.6. The van der Waals surface area contributed by atoms with E-state index in [2.05, 4.69) is 12.2 Å². The first kappa shape index (κ1) is 13.6. The van der Waals surface area contributed by atoms with Crippen LogP contribution < -0.4 is 10.1 Å². The van der Waals surface area contributed by atoms with E-state index in [1.54, 1.807) is 0 Å². The van der Waals surface area contributed by atoms with Gasteiger partial charge in [-0.25, -0.2) is 0 Å². The van der Waals surface area contributed by atoms with Gasteiger partial charge in [0.1, 0.15) is 5.75 Å². The first-order chi connectivity index (χ1) is 8.15. The van der Waals surface area contributed by atoms with Crippen molar-refractivity contribution in [3.63, 3.8) is 0 Å². The van der Waals surface area contributed by atoms with Crippen LogP contribution in [0.2, 0.25) is 0 Å². The average molecular weight is 235 g/mol. The molecule has 0 aliphatic carbocycles. The monoisotopic (exact) mass is 235 g/mol. The number of hydrogen-bond donors (Lipinski definition) is 1. The molecule has 1 amide bonds. The second-order valence-electron chi connectivity index (χ2n) is 4.34. The van der Waals surface area contributed by atoms with Crippen LogP contribution in [0.25, 0.3) is 0 Å². The summed E-state index contributed by atoms with van der Waals surface area (Å²) in [5, 5.41) is 2.87. The van der Waals surface area contributed by atoms with E-state index >= 15 is 0 Å². The van der Waals surface area contributed by atoms with E-state index < -0.39 is 0 Å². The predicted molar refractivity (Wildman–Crippen MR) is 70.3 cm³/mol. The number of rotatable bonds is 6. The van der Waals surface area contributed by atoms with Gasteiger partial charge < -0.3 is 10.1 Å². The van der Waals surface area contributed by atoms with Gasteiger partial charge in [0.25, 0.3) is 0 Å². The van der Waals surface area contributed by atoms with Crippen molar-refractivity contribution in [3.8, 4) is 5.75 Å². The van der Waals surface area contributed by atoms with Gasteiger partial charge in [-0.15, -0.1) is 0 Å². The van der Waals surface area contributed by atoms with Gasteiger partial charge in [-0.05, 0) is 18.6 Å². The largest absolute Gasteiger partial charge is 0.491 e. The molecule has 0 saturated heterocycles. The van der Waals surface area contributed by atoms with Crippen molar-refractivity contribution in [3.05, 3.63) is 24.3 Å². The zero-order valence-corrected chi connectivity index (χ0v) is 10.8. The molecule has 3 heteroatoms. The number of ether oxygens (including phenoxy) is 1. The highest BCUT2D eigenvalue weighted by atomic mass is 16.5. The summed E-state index contributed by atoms with van der Waals surface area (Å²) in [5.41, 5.74) is 0.752. The Morgan fingerprint density at radius 1 is 1.35 bits per heavy atom. The van der Waals surface area contributed by atoms with E-state index in [-0.39, 0.29) is 11.8 Å². The number of unbranched alkanes of at least 4 members (excludes halogenated alkanes) is 1. The molecule has 0 heterocycles. The van der Waals surface area contributed by atoms with Crippen molar-refractivity contribution in [2.75, 3.05) is 11.9 Å². The third-order valence-electron chi connectivity index (χ3n) is 2.42. The summed E-state index contributed by atoms with van der Waals surface area (Å²) in [6.07, 6.45) is 2.12. The Labute approximate surface area is 103 Å². The van der Waals surface area contributed by atoms with Crippen molar-refractivity contribution >= 4 is 11.6 Å². The molecule has 0 spiro atoms. The summed E-state index contributed by atoms with van der Waals surface area (Å²) in [7, 11) is 0. The molecule has 3 nitrogen and oxygen atoms in total. The minimum absolute atomic E-state index is 0.0107. The third kappa shape index (κ3) is 4.47. The Morgan fingerprint density at radius 3 is 2.71 bits per heavy atom. The van der Waals surface area contributed by atoms with Gasteiger partial charge in [0.05, 0.1) is 12.3 Å². The highest BCUT2D eigenvalue weighted by Gasteiger charge is 2.10. The average Bonchev–Trinajstić information content (AvgIpc) is 2.31. The number of nitrogens with one attached hydrogen (secondary N) is 1. The van der Waals surface area contributed by atoms with Crippen LogP contribution in [-0.2, 0) is 4.79 Å². The molecular formula is C14H21NO2. The van der Waals surface area contributed by atoms with Gasteiger partial charge in [-0.2, -0.15) is 0 Å².